The molecular weight excluding hydrogens is 262 g/mol. The number of phenols is 1. The number of anilines is 2. The number of aryl methyl sites for hydroxylation is 2. The molecule has 0 amide bonds. The van der Waals surface area contributed by atoms with E-state index in [-0.39, 0.29) is 5.75 Å². The molecule has 4 nitrogen and oxygen atoms in total. The Labute approximate surface area is 123 Å². The molecule has 0 bridgehead atoms. The fraction of sp³-hybridized carbons (Fsp3) is 0.176. The predicted octanol–water partition coefficient (Wildman–Crippen LogP) is 4.00. The summed E-state index contributed by atoms with van der Waals surface area (Å²) in [6.07, 6.45) is 1.50. The molecule has 0 fully saturated rings. The van der Waals surface area contributed by atoms with Crippen molar-refractivity contribution in [3.8, 4) is 5.75 Å². The highest BCUT2D eigenvalue weighted by Gasteiger charge is 2.09. The quantitative estimate of drug-likeness (QED) is 0.744. The Kier molecular flexibility index (Phi) is 3.22. The minimum atomic E-state index is 0.249. The summed E-state index contributed by atoms with van der Waals surface area (Å²) in [6, 6.07) is 9.70. The molecule has 0 aliphatic carbocycles. The van der Waals surface area contributed by atoms with Gasteiger partial charge in [0.05, 0.1) is 5.52 Å². The molecule has 0 spiro atoms. The Balaban J connectivity index is 2.12. The zero-order valence-corrected chi connectivity index (χ0v) is 12.3. The standard InChI is InChI=1S/C17H17N3O/c1-10-5-4-6-14(12(10)3)20-17-13-7-11(2)16(21)8-15(13)18-9-19-17/h4-9,21H,1-3H3,(H,18,19,20). The zero-order chi connectivity index (χ0) is 15.0. The Morgan fingerprint density at radius 1 is 1.00 bits per heavy atom. The summed E-state index contributed by atoms with van der Waals surface area (Å²) >= 11 is 0. The van der Waals surface area contributed by atoms with Gasteiger partial charge in [-0.1, -0.05) is 12.1 Å². The maximum atomic E-state index is 9.80. The lowest BCUT2D eigenvalue weighted by Gasteiger charge is -2.13. The lowest BCUT2D eigenvalue weighted by molar-refractivity contribution is 0.472. The molecule has 21 heavy (non-hydrogen) atoms. The van der Waals surface area contributed by atoms with Crippen LogP contribution in [0.5, 0.6) is 5.75 Å². The van der Waals surface area contributed by atoms with Crippen LogP contribution >= 0.6 is 0 Å². The van der Waals surface area contributed by atoms with E-state index in [1.54, 1.807) is 6.07 Å². The molecule has 106 valence electrons. The number of nitrogens with zero attached hydrogens (tertiary/aromatic N) is 2. The van der Waals surface area contributed by atoms with Gasteiger partial charge in [0.2, 0.25) is 0 Å². The van der Waals surface area contributed by atoms with Gasteiger partial charge in [0.25, 0.3) is 0 Å². The third kappa shape index (κ3) is 2.40. The summed E-state index contributed by atoms with van der Waals surface area (Å²) < 4.78 is 0. The molecule has 4 heteroatoms. The van der Waals surface area contributed by atoms with Crippen LogP contribution in [0.25, 0.3) is 10.9 Å². The van der Waals surface area contributed by atoms with E-state index in [9.17, 15) is 5.11 Å². The predicted molar refractivity (Wildman–Crippen MR) is 85.1 cm³/mol. The number of hydrogen-bond acceptors (Lipinski definition) is 4. The molecule has 3 rings (SSSR count). The van der Waals surface area contributed by atoms with Crippen molar-refractivity contribution in [1.29, 1.82) is 0 Å². The van der Waals surface area contributed by atoms with Crippen molar-refractivity contribution in [2.24, 2.45) is 0 Å². The van der Waals surface area contributed by atoms with Gasteiger partial charge in [0.1, 0.15) is 17.9 Å². The van der Waals surface area contributed by atoms with E-state index in [4.69, 9.17) is 0 Å². The Morgan fingerprint density at radius 2 is 1.81 bits per heavy atom. The Bertz CT molecular complexity index is 828. The van der Waals surface area contributed by atoms with Crippen LogP contribution in [0.3, 0.4) is 0 Å². The van der Waals surface area contributed by atoms with Crippen LogP contribution < -0.4 is 5.32 Å². The smallest absolute Gasteiger partial charge is 0.141 e. The largest absolute Gasteiger partial charge is 0.508 e. The third-order valence-corrected chi connectivity index (χ3v) is 3.81. The van der Waals surface area contributed by atoms with E-state index >= 15 is 0 Å². The maximum Gasteiger partial charge on any atom is 0.141 e. The number of aromatic hydroxyl groups is 1. The van der Waals surface area contributed by atoms with Crippen molar-refractivity contribution in [2.45, 2.75) is 20.8 Å². The summed E-state index contributed by atoms with van der Waals surface area (Å²) in [5.41, 5.74) is 4.98. The van der Waals surface area contributed by atoms with Crippen LogP contribution in [0.15, 0.2) is 36.7 Å². The van der Waals surface area contributed by atoms with E-state index in [0.29, 0.717) is 0 Å². The summed E-state index contributed by atoms with van der Waals surface area (Å²) in [5.74, 6) is 0.996. The van der Waals surface area contributed by atoms with Crippen LogP contribution in [0.1, 0.15) is 16.7 Å². The number of benzene rings is 2. The van der Waals surface area contributed by atoms with Crippen molar-refractivity contribution in [1.82, 2.24) is 9.97 Å². The number of fused-ring (bicyclic) bond motifs is 1. The molecule has 0 saturated heterocycles. The lowest BCUT2D eigenvalue weighted by Crippen LogP contribution is -1.99. The Morgan fingerprint density at radius 3 is 2.62 bits per heavy atom. The maximum absolute atomic E-state index is 9.80. The highest BCUT2D eigenvalue weighted by Crippen LogP contribution is 2.29. The minimum absolute atomic E-state index is 0.249. The molecule has 0 atom stereocenters. The topological polar surface area (TPSA) is 58.0 Å². The van der Waals surface area contributed by atoms with Gasteiger partial charge in [-0.15, -0.1) is 0 Å². The fourth-order valence-electron chi connectivity index (χ4n) is 2.31. The molecule has 0 saturated carbocycles. The van der Waals surface area contributed by atoms with E-state index in [0.717, 1.165) is 28.0 Å². The molecule has 0 radical (unpaired) electrons. The normalized spacial score (nSPS) is 10.8. The first kappa shape index (κ1) is 13.4. The van der Waals surface area contributed by atoms with Crippen molar-refractivity contribution in [3.63, 3.8) is 0 Å². The molecule has 0 aliphatic heterocycles. The van der Waals surface area contributed by atoms with Crippen molar-refractivity contribution >= 4 is 22.4 Å². The highest BCUT2D eigenvalue weighted by molar-refractivity contribution is 5.92. The van der Waals surface area contributed by atoms with Crippen LogP contribution in [0.4, 0.5) is 11.5 Å². The number of rotatable bonds is 2. The average Bonchev–Trinajstić information content (AvgIpc) is 2.46. The molecule has 2 aromatic carbocycles. The second-order valence-corrected chi connectivity index (χ2v) is 5.25. The van der Waals surface area contributed by atoms with Gasteiger partial charge >= 0.3 is 0 Å². The first-order valence-electron chi connectivity index (χ1n) is 6.84. The van der Waals surface area contributed by atoms with Gasteiger partial charge in [-0.3, -0.25) is 0 Å². The number of aromatic nitrogens is 2. The number of hydrogen-bond donors (Lipinski definition) is 2. The minimum Gasteiger partial charge on any atom is -0.508 e. The molecule has 1 aromatic heterocycles. The SMILES string of the molecule is Cc1cc2c(Nc3cccc(C)c3C)ncnc2cc1O. The molecule has 3 aromatic rings. The average molecular weight is 279 g/mol. The fourth-order valence-corrected chi connectivity index (χ4v) is 2.31. The number of phenolic OH excluding ortho intramolecular Hbond substituents is 1. The highest BCUT2D eigenvalue weighted by atomic mass is 16.3. The van der Waals surface area contributed by atoms with Crippen LogP contribution in [-0.4, -0.2) is 15.1 Å². The van der Waals surface area contributed by atoms with Crippen molar-refractivity contribution in [3.05, 3.63) is 53.3 Å². The van der Waals surface area contributed by atoms with Crippen LogP contribution in [-0.2, 0) is 0 Å². The van der Waals surface area contributed by atoms with Gasteiger partial charge in [0, 0.05) is 17.1 Å². The van der Waals surface area contributed by atoms with Gasteiger partial charge in [0.15, 0.2) is 0 Å². The summed E-state index contributed by atoms with van der Waals surface area (Å²) in [5, 5.41) is 14.1. The van der Waals surface area contributed by atoms with Crippen molar-refractivity contribution < 1.29 is 5.11 Å². The monoisotopic (exact) mass is 279 g/mol. The van der Waals surface area contributed by atoms with Gasteiger partial charge in [-0.2, -0.15) is 0 Å². The van der Waals surface area contributed by atoms with Crippen LogP contribution in [0, 0.1) is 20.8 Å². The van der Waals surface area contributed by atoms with Crippen LogP contribution in [0.2, 0.25) is 0 Å². The second kappa shape index (κ2) is 5.05. The molecule has 0 unspecified atom stereocenters. The zero-order valence-electron chi connectivity index (χ0n) is 12.3. The van der Waals surface area contributed by atoms with Gasteiger partial charge in [-0.25, -0.2) is 9.97 Å². The molecule has 1 heterocycles. The van der Waals surface area contributed by atoms with Crippen molar-refractivity contribution in [2.75, 3.05) is 5.32 Å². The Hall–Kier alpha value is -2.62. The molecular formula is C17H17N3O. The molecule has 0 aliphatic rings. The molecule has 2 N–H and O–H groups in total. The summed E-state index contributed by atoms with van der Waals surface area (Å²) in [4.78, 5) is 8.55. The summed E-state index contributed by atoms with van der Waals surface area (Å²) in [6.45, 7) is 6.03. The first-order valence-corrected chi connectivity index (χ1v) is 6.84. The van der Waals surface area contributed by atoms with Gasteiger partial charge < -0.3 is 10.4 Å². The first-order chi connectivity index (χ1) is 10.1. The van der Waals surface area contributed by atoms with E-state index < -0.39 is 0 Å². The summed E-state index contributed by atoms with van der Waals surface area (Å²) in [7, 11) is 0. The van der Waals surface area contributed by atoms with E-state index in [1.807, 2.05) is 25.1 Å². The van der Waals surface area contributed by atoms with E-state index in [2.05, 4.69) is 35.2 Å². The second-order valence-electron chi connectivity index (χ2n) is 5.25. The van der Waals surface area contributed by atoms with E-state index in [1.165, 1.54) is 17.5 Å². The number of nitrogens with one attached hydrogen (secondary N) is 1. The van der Waals surface area contributed by atoms with Gasteiger partial charge in [-0.05, 0) is 49.6 Å². The lowest BCUT2D eigenvalue weighted by atomic mass is 10.1. The third-order valence-electron chi connectivity index (χ3n) is 3.81.